The normalized spacial score (nSPS) is 19.5. The largest absolute Gasteiger partial charge is 0.497 e. The predicted molar refractivity (Wildman–Crippen MR) is 166 cm³/mol. The third kappa shape index (κ3) is 6.29. The Bertz CT molecular complexity index is 1690. The van der Waals surface area contributed by atoms with E-state index in [4.69, 9.17) is 14.2 Å². The summed E-state index contributed by atoms with van der Waals surface area (Å²) >= 11 is 0. The van der Waals surface area contributed by atoms with Gasteiger partial charge >= 0.3 is 0 Å². The zero-order chi connectivity index (χ0) is 31.3. The second kappa shape index (κ2) is 13.3. The van der Waals surface area contributed by atoms with Gasteiger partial charge < -0.3 is 39.6 Å². The van der Waals surface area contributed by atoms with Crippen molar-refractivity contribution in [2.45, 2.75) is 36.9 Å². The van der Waals surface area contributed by atoms with Gasteiger partial charge in [0.15, 0.2) is 11.5 Å². The number of methoxy groups -OCH3 is 2. The molecule has 5 aromatic rings. The van der Waals surface area contributed by atoms with Gasteiger partial charge in [-0.1, -0.05) is 60.7 Å². The Morgan fingerprint density at radius 3 is 2.18 bits per heavy atom. The van der Waals surface area contributed by atoms with Gasteiger partial charge in [-0.05, 0) is 23.3 Å². The number of carbonyl (C=O) groups is 1. The Kier molecular flexibility index (Phi) is 8.87. The number of aliphatic hydroxyl groups excluding tert-OH is 2. The minimum Gasteiger partial charge on any atom is -0.497 e. The third-order valence-corrected chi connectivity index (χ3v) is 7.92. The number of fused-ring (bicyclic) bond motifs is 1. The molecular formula is C33H34N6O6. The summed E-state index contributed by atoms with van der Waals surface area (Å²) in [4.78, 5) is 27.0. The van der Waals surface area contributed by atoms with Gasteiger partial charge in [0.25, 0.3) is 5.91 Å². The Hall–Kier alpha value is -5.04. The number of benzene rings is 3. The van der Waals surface area contributed by atoms with E-state index >= 15 is 0 Å². The number of carbonyl (C=O) groups excluding carboxylic acids is 1. The van der Waals surface area contributed by atoms with Crippen molar-refractivity contribution in [3.05, 3.63) is 108 Å². The first-order valence-corrected chi connectivity index (χ1v) is 14.5. The highest BCUT2D eigenvalue weighted by atomic mass is 16.5. The number of amides is 1. The number of hydrogen-bond acceptors (Lipinski definition) is 10. The molecule has 0 aliphatic carbocycles. The van der Waals surface area contributed by atoms with E-state index in [1.54, 1.807) is 29.1 Å². The van der Waals surface area contributed by atoms with Crippen LogP contribution >= 0.6 is 0 Å². The maximum Gasteiger partial charge on any atom is 0.251 e. The molecule has 1 aliphatic heterocycles. The van der Waals surface area contributed by atoms with Gasteiger partial charge in [-0.2, -0.15) is 0 Å². The van der Waals surface area contributed by atoms with Gasteiger partial charge in [0.2, 0.25) is 0 Å². The van der Waals surface area contributed by atoms with Crippen molar-refractivity contribution in [1.29, 1.82) is 0 Å². The lowest BCUT2D eigenvalue weighted by Gasteiger charge is -2.23. The zero-order valence-electron chi connectivity index (χ0n) is 24.8. The second-order valence-electron chi connectivity index (χ2n) is 10.7. The van der Waals surface area contributed by atoms with Crippen LogP contribution in [0.15, 0.2) is 91.5 Å². The van der Waals surface area contributed by atoms with Crippen LogP contribution in [0.25, 0.3) is 11.2 Å². The fourth-order valence-electron chi connectivity index (χ4n) is 5.60. The molecule has 232 valence electrons. The lowest BCUT2D eigenvalue weighted by atomic mass is 9.99. The quantitative estimate of drug-likeness (QED) is 0.176. The second-order valence-corrected chi connectivity index (χ2v) is 10.7. The number of rotatable bonds is 11. The minimum atomic E-state index is -1.16. The monoisotopic (exact) mass is 610 g/mol. The molecule has 1 amide bonds. The fourth-order valence-corrected chi connectivity index (χ4v) is 5.60. The van der Waals surface area contributed by atoms with Gasteiger partial charge in [0.1, 0.15) is 35.6 Å². The molecule has 1 fully saturated rings. The van der Waals surface area contributed by atoms with Gasteiger partial charge in [0, 0.05) is 11.6 Å². The third-order valence-electron chi connectivity index (χ3n) is 7.92. The minimum absolute atomic E-state index is 0.188. The van der Waals surface area contributed by atoms with Crippen LogP contribution in [-0.4, -0.2) is 80.8 Å². The van der Waals surface area contributed by atoms with Gasteiger partial charge in [-0.25, -0.2) is 15.0 Å². The fraction of sp³-hybridized carbons (Fsp3) is 0.273. The molecule has 4 atom stereocenters. The molecule has 0 bridgehead atoms. The lowest BCUT2D eigenvalue weighted by Crippen LogP contribution is -2.49. The van der Waals surface area contributed by atoms with E-state index in [0.717, 1.165) is 11.1 Å². The molecule has 3 heterocycles. The van der Waals surface area contributed by atoms with Crippen molar-refractivity contribution in [1.82, 2.24) is 24.8 Å². The Morgan fingerprint density at radius 1 is 0.933 bits per heavy atom. The molecule has 12 heteroatoms. The Morgan fingerprint density at radius 2 is 1.58 bits per heavy atom. The lowest BCUT2D eigenvalue weighted by molar-refractivity contribution is -0.0255. The number of nitrogens with zero attached hydrogens (tertiary/aromatic N) is 4. The van der Waals surface area contributed by atoms with E-state index in [-0.39, 0.29) is 18.2 Å². The highest BCUT2D eigenvalue weighted by molar-refractivity contribution is 5.95. The van der Waals surface area contributed by atoms with E-state index in [0.29, 0.717) is 28.5 Å². The molecule has 1 saturated heterocycles. The number of aromatic nitrogens is 4. The average molecular weight is 611 g/mol. The first-order chi connectivity index (χ1) is 22.0. The number of anilines is 1. The molecule has 45 heavy (non-hydrogen) atoms. The van der Waals surface area contributed by atoms with E-state index in [9.17, 15) is 15.0 Å². The Labute approximate surface area is 259 Å². The van der Waals surface area contributed by atoms with Crippen LogP contribution in [0, 0.1) is 0 Å². The van der Waals surface area contributed by atoms with E-state index < -0.39 is 36.9 Å². The number of ether oxygens (including phenoxy) is 3. The van der Waals surface area contributed by atoms with Crippen molar-refractivity contribution in [3.8, 4) is 11.5 Å². The van der Waals surface area contributed by atoms with Crippen molar-refractivity contribution in [2.75, 3.05) is 26.1 Å². The summed E-state index contributed by atoms with van der Waals surface area (Å²) < 4.78 is 18.4. The van der Waals surface area contributed by atoms with E-state index in [2.05, 4.69) is 49.9 Å². The molecule has 0 spiro atoms. The first-order valence-electron chi connectivity index (χ1n) is 14.5. The van der Waals surface area contributed by atoms with E-state index in [1.165, 1.54) is 20.5 Å². The van der Waals surface area contributed by atoms with Gasteiger partial charge in [-0.15, -0.1) is 0 Å². The molecule has 2 unspecified atom stereocenters. The maximum absolute atomic E-state index is 13.3. The highest BCUT2D eigenvalue weighted by Gasteiger charge is 2.44. The summed E-state index contributed by atoms with van der Waals surface area (Å²) in [7, 11) is 2.99. The number of aliphatic hydroxyl groups is 2. The molecule has 2 aromatic heterocycles. The van der Waals surface area contributed by atoms with Crippen LogP contribution in [-0.2, 0) is 11.3 Å². The molecule has 4 N–H and O–H groups in total. The van der Waals surface area contributed by atoms with E-state index in [1.807, 2.05) is 36.4 Å². The van der Waals surface area contributed by atoms with Crippen LogP contribution in [0.4, 0.5) is 5.82 Å². The summed E-state index contributed by atoms with van der Waals surface area (Å²) in [6, 6.07) is 23.9. The summed E-state index contributed by atoms with van der Waals surface area (Å²) in [5.74, 6) is 0.987. The Balaban J connectivity index is 1.26. The SMILES string of the molecule is COc1cc(OC)cc(C(=O)N[C@@H]2C(Cn3cnc4c(NC(c5ccccc5)c5ccccc5)ncnc43)OC(CO)[C@@H]2O)c1. The summed E-state index contributed by atoms with van der Waals surface area (Å²) in [6.45, 7) is -0.230. The molecule has 0 saturated carbocycles. The van der Waals surface area contributed by atoms with Crippen LogP contribution in [0.3, 0.4) is 0 Å². The molecule has 12 nitrogen and oxygen atoms in total. The highest BCUT2D eigenvalue weighted by Crippen LogP contribution is 2.30. The summed E-state index contributed by atoms with van der Waals surface area (Å²) in [5, 5.41) is 27.3. The molecule has 3 aromatic carbocycles. The van der Waals surface area contributed by atoms with Crippen LogP contribution in [0.2, 0.25) is 0 Å². The first kappa shape index (κ1) is 30.0. The van der Waals surface area contributed by atoms with Crippen molar-refractivity contribution in [3.63, 3.8) is 0 Å². The van der Waals surface area contributed by atoms with Crippen LogP contribution < -0.4 is 20.1 Å². The number of imidazole rings is 1. The molecule has 0 radical (unpaired) electrons. The molecular weight excluding hydrogens is 576 g/mol. The summed E-state index contributed by atoms with van der Waals surface area (Å²) in [6.07, 6.45) is 0.332. The standard InChI is InChI=1S/C33H34N6O6/c1-43-23-13-22(14-24(15-23)44-2)33(42)38-28-25(45-26(17-40)30(28)41)16-39-19-36-29-31(34-18-35-32(29)39)37-27(20-9-5-3-6-10-20)21-11-7-4-8-12-21/h3-15,18-19,25-28,30,40-41H,16-17H2,1-2H3,(H,38,42)(H,34,35,37)/t25?,26?,28-,30+/m1/s1. The smallest absolute Gasteiger partial charge is 0.251 e. The maximum atomic E-state index is 13.3. The predicted octanol–water partition coefficient (Wildman–Crippen LogP) is 2.96. The zero-order valence-corrected chi connectivity index (χ0v) is 24.8. The number of hydrogen-bond donors (Lipinski definition) is 4. The number of nitrogens with one attached hydrogen (secondary N) is 2. The average Bonchev–Trinajstić information content (AvgIpc) is 3.64. The van der Waals surface area contributed by atoms with Crippen molar-refractivity contribution < 1.29 is 29.2 Å². The topological polar surface area (TPSA) is 153 Å². The van der Waals surface area contributed by atoms with Crippen LogP contribution in [0.1, 0.15) is 27.5 Å². The van der Waals surface area contributed by atoms with Gasteiger partial charge in [0.05, 0.1) is 51.9 Å². The van der Waals surface area contributed by atoms with Gasteiger partial charge in [-0.3, -0.25) is 4.79 Å². The molecule has 6 rings (SSSR count). The van der Waals surface area contributed by atoms with Crippen LogP contribution in [0.5, 0.6) is 11.5 Å². The van der Waals surface area contributed by atoms with Crippen molar-refractivity contribution in [2.24, 2.45) is 0 Å². The van der Waals surface area contributed by atoms with Crippen molar-refractivity contribution >= 4 is 22.9 Å². The summed E-state index contributed by atoms with van der Waals surface area (Å²) in [5.41, 5.74) is 3.50. The molecule has 1 aliphatic rings.